The molecule has 0 fully saturated rings. The Morgan fingerprint density at radius 2 is 2.12 bits per heavy atom. The molecular weight excluding hydrogens is 336 g/mol. The number of rotatable bonds is 5. The highest BCUT2D eigenvalue weighted by Crippen LogP contribution is 2.39. The third-order valence-electron chi connectivity index (χ3n) is 3.53. The van der Waals surface area contributed by atoms with Crippen LogP contribution >= 0.6 is 11.6 Å². The highest BCUT2D eigenvalue weighted by Gasteiger charge is 2.33. The van der Waals surface area contributed by atoms with Gasteiger partial charge in [-0.2, -0.15) is 0 Å². The molecule has 7 nitrogen and oxygen atoms in total. The van der Waals surface area contributed by atoms with Crippen LogP contribution in [0.1, 0.15) is 31.9 Å². The Labute approximate surface area is 144 Å². The third-order valence-corrected chi connectivity index (χ3v) is 3.82. The van der Waals surface area contributed by atoms with Gasteiger partial charge in [-0.25, -0.2) is 9.59 Å². The zero-order chi connectivity index (χ0) is 17.9. The van der Waals surface area contributed by atoms with E-state index in [4.69, 9.17) is 21.1 Å². The zero-order valence-corrected chi connectivity index (χ0v) is 14.4. The molecule has 1 aromatic rings. The number of esters is 1. The summed E-state index contributed by atoms with van der Waals surface area (Å²) >= 11 is 6.01. The van der Waals surface area contributed by atoms with Crippen molar-refractivity contribution in [3.63, 3.8) is 0 Å². The number of carbonyl (C=O) groups excluding carboxylic acids is 2. The number of ether oxygens (including phenoxy) is 2. The number of carbonyl (C=O) groups is 2. The quantitative estimate of drug-likeness (QED) is 0.706. The fourth-order valence-electron chi connectivity index (χ4n) is 2.40. The van der Waals surface area contributed by atoms with Gasteiger partial charge in [0.25, 0.3) is 0 Å². The van der Waals surface area contributed by atoms with Gasteiger partial charge >= 0.3 is 12.0 Å². The minimum absolute atomic E-state index is 0.0519. The molecule has 24 heavy (non-hydrogen) atoms. The maximum Gasteiger partial charge on any atom is 0.338 e. The normalized spacial score (nSPS) is 17.2. The Kier molecular flexibility index (Phi) is 5.56. The number of allylic oxidation sites excluding steroid dienone is 1. The molecule has 1 atom stereocenters. The van der Waals surface area contributed by atoms with Crippen LogP contribution in [-0.2, 0) is 9.53 Å². The van der Waals surface area contributed by atoms with Gasteiger partial charge in [0.15, 0.2) is 11.5 Å². The smallest absolute Gasteiger partial charge is 0.338 e. The van der Waals surface area contributed by atoms with Gasteiger partial charge in [0, 0.05) is 5.70 Å². The van der Waals surface area contributed by atoms with E-state index in [1.54, 1.807) is 6.92 Å². The number of halogens is 1. The van der Waals surface area contributed by atoms with Crippen molar-refractivity contribution in [1.29, 1.82) is 0 Å². The first kappa shape index (κ1) is 17.9. The van der Waals surface area contributed by atoms with Crippen LogP contribution < -0.4 is 15.4 Å². The molecule has 3 N–H and O–H groups in total. The van der Waals surface area contributed by atoms with Gasteiger partial charge in [-0.15, -0.1) is 0 Å². The first-order valence-electron chi connectivity index (χ1n) is 7.40. The molecule has 0 spiro atoms. The van der Waals surface area contributed by atoms with E-state index in [2.05, 4.69) is 10.6 Å². The Hall–Kier alpha value is -2.41. The van der Waals surface area contributed by atoms with Crippen LogP contribution in [0.3, 0.4) is 0 Å². The molecule has 0 saturated carbocycles. The van der Waals surface area contributed by atoms with Crippen LogP contribution in [0.4, 0.5) is 4.79 Å². The second kappa shape index (κ2) is 7.44. The summed E-state index contributed by atoms with van der Waals surface area (Å²) in [5.74, 6) is -0.599. The van der Waals surface area contributed by atoms with E-state index >= 15 is 0 Å². The summed E-state index contributed by atoms with van der Waals surface area (Å²) in [6, 6.07) is 1.76. The number of phenolic OH excluding ortho intramolecular Hbond substituents is 1. The molecule has 1 aliphatic rings. The molecule has 130 valence electrons. The number of methoxy groups -OCH3 is 1. The fraction of sp³-hybridized carbons (Fsp3) is 0.375. The first-order chi connectivity index (χ1) is 11.4. The molecular formula is C16H19ClN2O5. The number of urea groups is 1. The lowest BCUT2D eigenvalue weighted by atomic mass is 9.95. The topological polar surface area (TPSA) is 96.9 Å². The average molecular weight is 355 g/mol. The summed E-state index contributed by atoms with van der Waals surface area (Å²) in [6.07, 6.45) is 0.682. The summed E-state index contributed by atoms with van der Waals surface area (Å²) in [7, 11) is 1.38. The molecule has 0 unspecified atom stereocenters. The molecule has 2 amide bonds. The summed E-state index contributed by atoms with van der Waals surface area (Å²) in [5.41, 5.74) is 1.16. The van der Waals surface area contributed by atoms with Gasteiger partial charge < -0.3 is 25.2 Å². The molecule has 1 heterocycles. The fourth-order valence-corrected chi connectivity index (χ4v) is 2.62. The van der Waals surface area contributed by atoms with Gasteiger partial charge in [-0.05, 0) is 31.0 Å². The van der Waals surface area contributed by atoms with Crippen LogP contribution in [0, 0.1) is 0 Å². The third kappa shape index (κ3) is 3.56. The van der Waals surface area contributed by atoms with E-state index in [-0.39, 0.29) is 28.7 Å². The van der Waals surface area contributed by atoms with Crippen LogP contribution in [0.15, 0.2) is 23.4 Å². The first-order valence-corrected chi connectivity index (χ1v) is 7.78. The monoisotopic (exact) mass is 354 g/mol. The Morgan fingerprint density at radius 3 is 2.75 bits per heavy atom. The van der Waals surface area contributed by atoms with Crippen molar-refractivity contribution >= 4 is 23.6 Å². The molecule has 1 aromatic carbocycles. The Balaban J connectivity index is 2.49. The molecule has 0 aliphatic carbocycles. The number of benzene rings is 1. The van der Waals surface area contributed by atoms with Gasteiger partial charge in [0.05, 0.1) is 30.4 Å². The van der Waals surface area contributed by atoms with Crippen molar-refractivity contribution in [2.24, 2.45) is 0 Å². The van der Waals surface area contributed by atoms with Crippen molar-refractivity contribution in [2.45, 2.75) is 26.3 Å². The maximum absolute atomic E-state index is 12.4. The van der Waals surface area contributed by atoms with E-state index < -0.39 is 18.0 Å². The van der Waals surface area contributed by atoms with Gasteiger partial charge in [-0.1, -0.05) is 18.5 Å². The van der Waals surface area contributed by atoms with Crippen molar-refractivity contribution < 1.29 is 24.2 Å². The molecule has 0 bridgehead atoms. The maximum atomic E-state index is 12.4. The zero-order valence-electron chi connectivity index (χ0n) is 13.6. The predicted molar refractivity (Wildman–Crippen MR) is 88.0 cm³/mol. The Bertz CT molecular complexity index is 702. The molecule has 8 heteroatoms. The summed E-state index contributed by atoms with van der Waals surface area (Å²) in [6.45, 7) is 3.78. The van der Waals surface area contributed by atoms with Crippen LogP contribution in [0.5, 0.6) is 11.5 Å². The lowest BCUT2D eigenvalue weighted by Crippen LogP contribution is -2.45. The van der Waals surface area contributed by atoms with Gasteiger partial charge in [0.1, 0.15) is 0 Å². The standard InChI is InChI=1S/C16H19ClN2O5/c1-4-5-24-15(21)12-8(2)18-16(22)19-13(12)9-6-10(17)14(20)11(7-9)23-3/h6-7,13,20H,4-5H2,1-3H3,(H2,18,19,22)/t13-/m1/s1. The van der Waals surface area contributed by atoms with Crippen LogP contribution in [0.2, 0.25) is 5.02 Å². The van der Waals surface area contributed by atoms with Crippen molar-refractivity contribution in [2.75, 3.05) is 13.7 Å². The van der Waals surface area contributed by atoms with Gasteiger partial charge in [-0.3, -0.25) is 0 Å². The molecule has 0 aromatic heterocycles. The number of phenols is 1. The predicted octanol–water partition coefficient (Wildman–Crippen LogP) is 2.64. The van der Waals surface area contributed by atoms with E-state index in [1.165, 1.54) is 19.2 Å². The molecule has 0 saturated heterocycles. The highest BCUT2D eigenvalue weighted by atomic mass is 35.5. The number of aromatic hydroxyl groups is 1. The molecule has 0 radical (unpaired) electrons. The number of amides is 2. The van der Waals surface area contributed by atoms with Crippen molar-refractivity contribution in [1.82, 2.24) is 10.6 Å². The average Bonchev–Trinajstić information content (AvgIpc) is 2.54. The Morgan fingerprint density at radius 1 is 1.42 bits per heavy atom. The van der Waals surface area contributed by atoms with E-state index in [1.807, 2.05) is 6.92 Å². The second-order valence-corrected chi connectivity index (χ2v) is 5.67. The second-order valence-electron chi connectivity index (χ2n) is 5.26. The van der Waals surface area contributed by atoms with E-state index in [0.717, 1.165) is 0 Å². The van der Waals surface area contributed by atoms with Crippen molar-refractivity contribution in [3.05, 3.63) is 34.0 Å². The summed E-state index contributed by atoms with van der Waals surface area (Å²) in [4.78, 5) is 24.2. The number of hydrogen-bond acceptors (Lipinski definition) is 5. The lowest BCUT2D eigenvalue weighted by Gasteiger charge is -2.28. The van der Waals surface area contributed by atoms with E-state index in [0.29, 0.717) is 17.7 Å². The molecule has 1 aliphatic heterocycles. The minimum Gasteiger partial charge on any atom is -0.503 e. The van der Waals surface area contributed by atoms with Gasteiger partial charge in [0.2, 0.25) is 0 Å². The SMILES string of the molecule is CCCOC(=O)C1=C(C)NC(=O)N[C@@H]1c1cc(Cl)c(O)c(OC)c1. The van der Waals surface area contributed by atoms with Crippen LogP contribution in [0.25, 0.3) is 0 Å². The van der Waals surface area contributed by atoms with E-state index in [9.17, 15) is 14.7 Å². The summed E-state index contributed by atoms with van der Waals surface area (Å²) < 4.78 is 10.3. The number of hydrogen-bond donors (Lipinski definition) is 3. The summed E-state index contributed by atoms with van der Waals surface area (Å²) in [5, 5.41) is 15.1. The minimum atomic E-state index is -0.768. The lowest BCUT2D eigenvalue weighted by molar-refractivity contribution is -0.139. The number of nitrogens with one attached hydrogen (secondary N) is 2. The van der Waals surface area contributed by atoms with Crippen LogP contribution in [-0.4, -0.2) is 30.8 Å². The largest absolute Gasteiger partial charge is 0.503 e. The molecule has 2 rings (SSSR count). The van der Waals surface area contributed by atoms with Crippen molar-refractivity contribution in [3.8, 4) is 11.5 Å². The highest BCUT2D eigenvalue weighted by molar-refractivity contribution is 6.32.